The molecule has 0 atom stereocenters. The van der Waals surface area contributed by atoms with Crippen LogP contribution in [0.5, 0.6) is 0 Å². The van der Waals surface area contributed by atoms with E-state index in [0.29, 0.717) is 12.2 Å². The lowest BCUT2D eigenvalue weighted by Crippen LogP contribution is -2.18. The Kier molecular flexibility index (Phi) is 1.66. The molecule has 0 saturated carbocycles. The third-order valence-corrected chi connectivity index (χ3v) is 1.92. The minimum atomic E-state index is 0.0313. The minimum Gasteiger partial charge on any atom is -0.369 e. The average molecular weight is 163 g/mol. The third-order valence-electron chi connectivity index (χ3n) is 1.92. The summed E-state index contributed by atoms with van der Waals surface area (Å²) in [5.41, 5.74) is 2.60. The summed E-state index contributed by atoms with van der Waals surface area (Å²) in [6.07, 6.45) is 1.63. The van der Waals surface area contributed by atoms with E-state index < -0.39 is 0 Å². The van der Waals surface area contributed by atoms with E-state index in [2.05, 4.69) is 4.98 Å². The van der Waals surface area contributed by atoms with Crippen LogP contribution in [0, 0.1) is 6.92 Å². The van der Waals surface area contributed by atoms with Gasteiger partial charge in [0.15, 0.2) is 5.78 Å². The van der Waals surface area contributed by atoms with E-state index in [1.165, 1.54) is 0 Å². The van der Waals surface area contributed by atoms with Gasteiger partial charge in [-0.2, -0.15) is 0 Å². The molecule has 0 amide bonds. The Balaban J connectivity index is 2.53. The van der Waals surface area contributed by atoms with Crippen LogP contribution in [0.1, 0.15) is 21.6 Å². The Morgan fingerprint density at radius 1 is 1.50 bits per heavy atom. The minimum absolute atomic E-state index is 0.0313. The van der Waals surface area contributed by atoms with Crippen LogP contribution in [-0.4, -0.2) is 17.4 Å². The number of carbonyl (C=O) groups excluding carboxylic acids is 1. The van der Waals surface area contributed by atoms with Crippen LogP contribution in [0.4, 0.5) is 0 Å². The summed E-state index contributed by atoms with van der Waals surface area (Å²) in [6, 6.07) is 1.90. The van der Waals surface area contributed by atoms with Crippen molar-refractivity contribution in [2.24, 2.45) is 0 Å². The van der Waals surface area contributed by atoms with Gasteiger partial charge in [0.2, 0.25) is 0 Å². The first-order chi connectivity index (χ1) is 5.77. The number of aryl methyl sites for hydroxylation is 1. The van der Waals surface area contributed by atoms with Gasteiger partial charge in [-0.25, -0.2) is 0 Å². The van der Waals surface area contributed by atoms with Gasteiger partial charge in [0.1, 0.15) is 6.61 Å². The standard InChI is InChI=1S/C9H9NO2/c1-6-2-7-4-12-5-9(11)8(7)3-10-6/h2-3H,4-5H2,1H3. The summed E-state index contributed by atoms with van der Waals surface area (Å²) in [5, 5.41) is 0. The molecule has 1 aliphatic rings. The molecular formula is C9H9NO2. The maximum absolute atomic E-state index is 11.2. The van der Waals surface area contributed by atoms with E-state index in [0.717, 1.165) is 11.3 Å². The largest absolute Gasteiger partial charge is 0.369 e. The molecule has 0 fully saturated rings. The summed E-state index contributed by atoms with van der Waals surface area (Å²) in [7, 11) is 0. The molecule has 62 valence electrons. The van der Waals surface area contributed by atoms with Crippen LogP contribution in [0.25, 0.3) is 0 Å². The van der Waals surface area contributed by atoms with Crippen molar-refractivity contribution >= 4 is 5.78 Å². The monoisotopic (exact) mass is 163 g/mol. The fourth-order valence-corrected chi connectivity index (χ4v) is 1.32. The topological polar surface area (TPSA) is 39.2 Å². The molecule has 0 unspecified atom stereocenters. The van der Waals surface area contributed by atoms with Gasteiger partial charge >= 0.3 is 0 Å². The molecule has 0 aliphatic carbocycles. The molecule has 0 radical (unpaired) electrons. The third kappa shape index (κ3) is 1.12. The highest BCUT2D eigenvalue weighted by atomic mass is 16.5. The van der Waals surface area contributed by atoms with E-state index >= 15 is 0 Å². The molecule has 0 spiro atoms. The average Bonchev–Trinajstić information content (AvgIpc) is 2.04. The van der Waals surface area contributed by atoms with Crippen molar-refractivity contribution in [3.8, 4) is 0 Å². The van der Waals surface area contributed by atoms with Gasteiger partial charge < -0.3 is 4.74 Å². The molecule has 0 saturated heterocycles. The number of carbonyl (C=O) groups is 1. The summed E-state index contributed by atoms with van der Waals surface area (Å²) in [4.78, 5) is 15.3. The highest BCUT2D eigenvalue weighted by Crippen LogP contribution is 2.15. The van der Waals surface area contributed by atoms with Crippen LogP contribution >= 0.6 is 0 Å². The first kappa shape index (κ1) is 7.43. The van der Waals surface area contributed by atoms with Crippen LogP contribution in [0.2, 0.25) is 0 Å². The smallest absolute Gasteiger partial charge is 0.190 e. The number of Topliss-reactive ketones (excluding diaryl/α,β-unsaturated/α-hetero) is 1. The number of nitrogens with zero attached hydrogens (tertiary/aromatic N) is 1. The summed E-state index contributed by atoms with van der Waals surface area (Å²) >= 11 is 0. The Bertz CT molecular complexity index is 333. The SMILES string of the molecule is Cc1cc2c(cn1)C(=O)COC2. The van der Waals surface area contributed by atoms with Crippen LogP contribution < -0.4 is 0 Å². The van der Waals surface area contributed by atoms with Crippen LogP contribution in [0.3, 0.4) is 0 Å². The van der Waals surface area contributed by atoms with Crippen LogP contribution in [-0.2, 0) is 11.3 Å². The number of fused-ring (bicyclic) bond motifs is 1. The molecule has 1 aromatic heterocycles. The first-order valence-corrected chi connectivity index (χ1v) is 3.84. The molecule has 0 N–H and O–H groups in total. The van der Waals surface area contributed by atoms with E-state index in [9.17, 15) is 4.79 Å². The number of rotatable bonds is 0. The Morgan fingerprint density at radius 3 is 3.17 bits per heavy atom. The lowest BCUT2D eigenvalue weighted by Gasteiger charge is -2.14. The zero-order chi connectivity index (χ0) is 8.55. The lowest BCUT2D eigenvalue weighted by molar-refractivity contribution is 0.0664. The molecule has 0 aromatic carbocycles. The van der Waals surface area contributed by atoms with E-state index in [1.807, 2.05) is 13.0 Å². The summed E-state index contributed by atoms with van der Waals surface area (Å²) in [5.74, 6) is 0.0313. The van der Waals surface area contributed by atoms with Gasteiger partial charge in [-0.3, -0.25) is 9.78 Å². The Hall–Kier alpha value is -1.22. The number of hydrogen-bond acceptors (Lipinski definition) is 3. The lowest BCUT2D eigenvalue weighted by atomic mass is 10.0. The number of pyridine rings is 1. The predicted octanol–water partition coefficient (Wildman–Crippen LogP) is 1.10. The summed E-state index contributed by atoms with van der Waals surface area (Å²) < 4.78 is 5.09. The number of ether oxygens (including phenoxy) is 1. The Labute approximate surface area is 70.4 Å². The molecule has 12 heavy (non-hydrogen) atoms. The second kappa shape index (κ2) is 2.68. The zero-order valence-corrected chi connectivity index (χ0v) is 6.83. The van der Waals surface area contributed by atoms with Crippen molar-refractivity contribution < 1.29 is 9.53 Å². The molecule has 1 aromatic rings. The Morgan fingerprint density at radius 2 is 2.33 bits per heavy atom. The number of ketones is 1. The van der Waals surface area contributed by atoms with Gasteiger partial charge in [0.05, 0.1) is 6.61 Å². The van der Waals surface area contributed by atoms with Crippen molar-refractivity contribution in [1.82, 2.24) is 4.98 Å². The predicted molar refractivity (Wildman–Crippen MR) is 43.0 cm³/mol. The van der Waals surface area contributed by atoms with Crippen LogP contribution in [0.15, 0.2) is 12.3 Å². The fraction of sp³-hybridized carbons (Fsp3) is 0.333. The highest BCUT2D eigenvalue weighted by molar-refractivity contribution is 5.98. The zero-order valence-electron chi connectivity index (χ0n) is 6.83. The molecular weight excluding hydrogens is 154 g/mol. The summed E-state index contributed by atoms with van der Waals surface area (Å²) in [6.45, 7) is 2.63. The van der Waals surface area contributed by atoms with Crippen molar-refractivity contribution in [3.63, 3.8) is 0 Å². The number of aromatic nitrogens is 1. The normalized spacial score (nSPS) is 15.9. The number of hydrogen-bond donors (Lipinski definition) is 0. The molecule has 2 heterocycles. The second-order valence-electron chi connectivity index (χ2n) is 2.90. The maximum Gasteiger partial charge on any atom is 0.190 e. The van der Waals surface area contributed by atoms with Crippen molar-refractivity contribution in [2.75, 3.05) is 6.61 Å². The van der Waals surface area contributed by atoms with E-state index in [4.69, 9.17) is 4.74 Å². The second-order valence-corrected chi connectivity index (χ2v) is 2.90. The van der Waals surface area contributed by atoms with E-state index in [1.54, 1.807) is 6.20 Å². The van der Waals surface area contributed by atoms with Crippen molar-refractivity contribution in [3.05, 3.63) is 29.1 Å². The molecule has 3 nitrogen and oxygen atoms in total. The molecule has 0 bridgehead atoms. The highest BCUT2D eigenvalue weighted by Gasteiger charge is 2.17. The molecule has 3 heteroatoms. The van der Waals surface area contributed by atoms with Crippen molar-refractivity contribution in [1.29, 1.82) is 0 Å². The van der Waals surface area contributed by atoms with Gasteiger partial charge in [0.25, 0.3) is 0 Å². The van der Waals surface area contributed by atoms with Gasteiger partial charge in [-0.1, -0.05) is 0 Å². The van der Waals surface area contributed by atoms with Gasteiger partial charge in [0, 0.05) is 17.5 Å². The fourth-order valence-electron chi connectivity index (χ4n) is 1.32. The van der Waals surface area contributed by atoms with Gasteiger partial charge in [-0.15, -0.1) is 0 Å². The quantitative estimate of drug-likeness (QED) is 0.575. The maximum atomic E-state index is 11.2. The molecule has 2 rings (SSSR count). The molecule has 1 aliphatic heterocycles. The van der Waals surface area contributed by atoms with E-state index in [-0.39, 0.29) is 12.4 Å². The first-order valence-electron chi connectivity index (χ1n) is 3.84. The van der Waals surface area contributed by atoms with Gasteiger partial charge in [-0.05, 0) is 18.6 Å². The van der Waals surface area contributed by atoms with Crippen molar-refractivity contribution in [2.45, 2.75) is 13.5 Å².